The predicted octanol–water partition coefficient (Wildman–Crippen LogP) is 8.27. The van der Waals surface area contributed by atoms with Crippen LogP contribution in [0.3, 0.4) is 0 Å². The quantitative estimate of drug-likeness (QED) is 0.265. The van der Waals surface area contributed by atoms with E-state index in [0.29, 0.717) is 23.6 Å². The second-order valence-electron chi connectivity index (χ2n) is 9.85. The maximum Gasteiger partial charge on any atom is 0.416 e. The number of aliphatic hydroxyl groups excluding tert-OH is 1. The van der Waals surface area contributed by atoms with Crippen molar-refractivity contribution in [2.24, 2.45) is 5.92 Å². The number of alkyl halides is 3. The molecule has 1 fully saturated rings. The molecular weight excluding hydrogens is 576 g/mol. The maximum atomic E-state index is 13.3. The number of nitrogens with one attached hydrogen (secondary N) is 1. The SMILES string of the molecule is COc1ccc(CCC2(C3CCCC3)CC(O)=C(Sc3nc4c(Cl)cc(C(F)(F)F)cc4[nH]3)C(=O)O2)cc1Cl. The van der Waals surface area contributed by atoms with Crippen LogP contribution in [-0.2, 0) is 22.1 Å². The molecule has 2 aromatic carbocycles. The van der Waals surface area contributed by atoms with Gasteiger partial charge in [-0.2, -0.15) is 13.2 Å². The van der Waals surface area contributed by atoms with Crippen LogP contribution in [0.4, 0.5) is 13.2 Å². The van der Waals surface area contributed by atoms with Gasteiger partial charge in [0.05, 0.1) is 28.2 Å². The van der Waals surface area contributed by atoms with Gasteiger partial charge in [-0.05, 0) is 73.2 Å². The van der Waals surface area contributed by atoms with Crippen LogP contribution in [-0.4, -0.2) is 33.8 Å². The minimum atomic E-state index is -4.58. The number of H-pyrrole nitrogens is 1. The number of carbonyl (C=O) groups is 1. The van der Waals surface area contributed by atoms with E-state index in [1.807, 2.05) is 12.1 Å². The van der Waals surface area contributed by atoms with Gasteiger partial charge in [0.2, 0.25) is 0 Å². The maximum absolute atomic E-state index is 13.3. The zero-order chi connectivity index (χ0) is 27.9. The lowest BCUT2D eigenvalue weighted by Crippen LogP contribution is -2.45. The van der Waals surface area contributed by atoms with Gasteiger partial charge in [-0.1, -0.05) is 42.1 Å². The van der Waals surface area contributed by atoms with Gasteiger partial charge in [0.1, 0.15) is 27.5 Å². The van der Waals surface area contributed by atoms with Crippen LogP contribution >= 0.6 is 35.0 Å². The largest absolute Gasteiger partial charge is 0.511 e. The van der Waals surface area contributed by atoms with Gasteiger partial charge in [0, 0.05) is 6.42 Å². The third-order valence-corrected chi connectivity index (χ3v) is 8.98. The molecule has 2 heterocycles. The van der Waals surface area contributed by atoms with Crippen LogP contribution in [0.1, 0.15) is 49.7 Å². The molecule has 0 radical (unpaired) electrons. The molecule has 6 nitrogen and oxygen atoms in total. The number of carbonyl (C=O) groups excluding carboxylic acids is 1. The number of nitrogens with zero attached hydrogens (tertiary/aromatic N) is 1. The number of imidazole rings is 1. The molecule has 1 aliphatic carbocycles. The highest BCUT2D eigenvalue weighted by atomic mass is 35.5. The number of cyclic esters (lactones) is 1. The summed E-state index contributed by atoms with van der Waals surface area (Å²) in [5.41, 5.74) is -0.642. The average molecular weight is 601 g/mol. The summed E-state index contributed by atoms with van der Waals surface area (Å²) in [7, 11) is 1.54. The van der Waals surface area contributed by atoms with E-state index in [9.17, 15) is 23.1 Å². The Morgan fingerprint density at radius 2 is 1.95 bits per heavy atom. The summed E-state index contributed by atoms with van der Waals surface area (Å²) in [6.45, 7) is 0. The lowest BCUT2D eigenvalue weighted by atomic mass is 9.77. The molecular formula is C27H25Cl2F3N2O4S. The van der Waals surface area contributed by atoms with E-state index in [0.717, 1.165) is 55.1 Å². The number of fused-ring (bicyclic) bond motifs is 1. The van der Waals surface area contributed by atoms with Crippen molar-refractivity contribution in [1.29, 1.82) is 0 Å². The fourth-order valence-corrected chi connectivity index (χ4v) is 6.80. The first-order valence-corrected chi connectivity index (χ1v) is 14.0. The number of ether oxygens (including phenoxy) is 2. The van der Waals surface area contributed by atoms with Crippen molar-refractivity contribution in [2.45, 2.75) is 61.9 Å². The summed E-state index contributed by atoms with van der Waals surface area (Å²) in [6.07, 6.45) is 0.432. The lowest BCUT2D eigenvalue weighted by molar-refractivity contribution is -0.166. The number of halogens is 5. The number of methoxy groups -OCH3 is 1. The first kappa shape index (κ1) is 28.0. The highest BCUT2D eigenvalue weighted by Gasteiger charge is 2.48. The second kappa shape index (κ2) is 10.8. The summed E-state index contributed by atoms with van der Waals surface area (Å²) >= 11 is 13.1. The summed E-state index contributed by atoms with van der Waals surface area (Å²) in [5.74, 6) is -0.155. The van der Waals surface area contributed by atoms with E-state index < -0.39 is 23.3 Å². The number of aryl methyl sites for hydroxylation is 1. The van der Waals surface area contributed by atoms with Crippen molar-refractivity contribution in [2.75, 3.05) is 7.11 Å². The zero-order valence-corrected chi connectivity index (χ0v) is 23.2. The minimum Gasteiger partial charge on any atom is -0.511 e. The van der Waals surface area contributed by atoms with Crippen molar-refractivity contribution in [3.8, 4) is 5.75 Å². The van der Waals surface area contributed by atoms with Crippen molar-refractivity contribution < 1.29 is 32.5 Å². The lowest BCUT2D eigenvalue weighted by Gasteiger charge is -2.41. The van der Waals surface area contributed by atoms with Crippen LogP contribution < -0.4 is 4.74 Å². The molecule has 3 aromatic rings. The Morgan fingerprint density at radius 1 is 1.21 bits per heavy atom. The molecule has 208 valence electrons. The Balaban J connectivity index is 1.40. The monoisotopic (exact) mass is 600 g/mol. The molecule has 1 atom stereocenters. The Hall–Kier alpha value is -2.56. The fourth-order valence-electron chi connectivity index (χ4n) is 5.45. The van der Waals surface area contributed by atoms with E-state index in [-0.39, 0.29) is 44.2 Å². The van der Waals surface area contributed by atoms with Gasteiger partial charge in [0.25, 0.3) is 0 Å². The molecule has 1 saturated carbocycles. The van der Waals surface area contributed by atoms with Crippen molar-refractivity contribution in [3.63, 3.8) is 0 Å². The number of aromatic amines is 1. The molecule has 2 aliphatic rings. The molecule has 2 N–H and O–H groups in total. The van der Waals surface area contributed by atoms with Gasteiger partial charge >= 0.3 is 12.1 Å². The third kappa shape index (κ3) is 5.69. The molecule has 1 unspecified atom stereocenters. The van der Waals surface area contributed by atoms with Gasteiger partial charge in [0.15, 0.2) is 5.16 Å². The molecule has 0 amide bonds. The summed E-state index contributed by atoms with van der Waals surface area (Å²) in [6, 6.07) is 7.22. The number of hydrogen-bond donors (Lipinski definition) is 2. The topological polar surface area (TPSA) is 84.4 Å². The van der Waals surface area contributed by atoms with Gasteiger partial charge in [-0.3, -0.25) is 0 Å². The Labute approximate surface area is 236 Å². The Kier molecular flexibility index (Phi) is 7.74. The minimum absolute atomic E-state index is 0.0534. The van der Waals surface area contributed by atoms with E-state index in [1.54, 1.807) is 13.2 Å². The third-order valence-electron chi connectivity index (χ3n) is 7.41. The van der Waals surface area contributed by atoms with E-state index in [4.69, 9.17) is 32.7 Å². The number of hydrogen-bond acceptors (Lipinski definition) is 6. The Bertz CT molecular complexity index is 1450. The zero-order valence-electron chi connectivity index (χ0n) is 20.8. The Morgan fingerprint density at radius 3 is 2.59 bits per heavy atom. The van der Waals surface area contributed by atoms with Gasteiger partial charge in [-0.15, -0.1) is 0 Å². The molecule has 39 heavy (non-hydrogen) atoms. The highest BCUT2D eigenvalue weighted by molar-refractivity contribution is 8.03. The number of aliphatic hydroxyl groups is 1. The van der Waals surface area contributed by atoms with E-state index in [2.05, 4.69) is 9.97 Å². The summed E-state index contributed by atoms with van der Waals surface area (Å²) < 4.78 is 50.9. The van der Waals surface area contributed by atoms with Crippen molar-refractivity contribution >= 4 is 52.0 Å². The van der Waals surface area contributed by atoms with Crippen LogP contribution in [0.5, 0.6) is 5.75 Å². The van der Waals surface area contributed by atoms with Crippen LogP contribution in [0, 0.1) is 5.92 Å². The van der Waals surface area contributed by atoms with Gasteiger partial charge in [-0.25, -0.2) is 9.78 Å². The van der Waals surface area contributed by atoms with Gasteiger partial charge < -0.3 is 19.6 Å². The molecule has 0 saturated heterocycles. The van der Waals surface area contributed by atoms with Crippen molar-refractivity contribution in [3.05, 3.63) is 62.2 Å². The molecule has 12 heteroatoms. The second-order valence-corrected chi connectivity index (χ2v) is 11.7. The molecule has 5 rings (SSSR count). The number of aromatic nitrogens is 2. The van der Waals surface area contributed by atoms with E-state index in [1.165, 1.54) is 0 Å². The highest BCUT2D eigenvalue weighted by Crippen LogP contribution is 2.48. The normalized spacial score (nSPS) is 20.6. The first-order valence-electron chi connectivity index (χ1n) is 12.4. The van der Waals surface area contributed by atoms with Crippen LogP contribution in [0.25, 0.3) is 11.0 Å². The number of rotatable bonds is 7. The fraction of sp³-hybridized carbons (Fsp3) is 0.407. The standard InChI is InChI=1S/C27H25Cl2F3N2O4S/c1-37-21-7-6-14(10-17(21)28)8-9-26(15-4-2-3-5-15)13-20(35)23(24(36)38-26)39-25-33-19-12-16(27(30,31)32)11-18(29)22(19)34-25/h6-7,10-12,15,35H,2-5,8-9,13H2,1H3,(H,33,34). The number of benzene rings is 2. The number of esters is 1. The molecule has 1 aromatic heterocycles. The van der Waals surface area contributed by atoms with Crippen LogP contribution in [0.2, 0.25) is 10.0 Å². The van der Waals surface area contributed by atoms with Crippen molar-refractivity contribution in [1.82, 2.24) is 9.97 Å². The summed E-state index contributed by atoms with van der Waals surface area (Å²) in [5, 5.41) is 11.5. The average Bonchev–Trinajstić information content (AvgIpc) is 3.55. The smallest absolute Gasteiger partial charge is 0.416 e. The summed E-state index contributed by atoms with van der Waals surface area (Å²) in [4.78, 5) is 20.2. The van der Waals surface area contributed by atoms with E-state index >= 15 is 0 Å². The predicted molar refractivity (Wildman–Crippen MR) is 143 cm³/mol. The van der Waals surface area contributed by atoms with Crippen LogP contribution in [0.15, 0.2) is 46.2 Å². The molecule has 0 bridgehead atoms. The molecule has 1 aliphatic heterocycles. The molecule has 0 spiro atoms. The first-order chi connectivity index (χ1) is 18.5. The number of thioether (sulfide) groups is 1.